The minimum absolute atomic E-state index is 0.0563. The van der Waals surface area contributed by atoms with Crippen molar-refractivity contribution in [2.75, 3.05) is 24.7 Å². The van der Waals surface area contributed by atoms with Gasteiger partial charge in [-0.25, -0.2) is 0 Å². The molecule has 0 atom stereocenters. The molecule has 5 rings (SSSR count). The second kappa shape index (κ2) is 13.0. The lowest BCUT2D eigenvalue weighted by Gasteiger charge is -2.14. The van der Waals surface area contributed by atoms with Gasteiger partial charge in [-0.2, -0.15) is 0 Å². The first kappa shape index (κ1) is 28.4. The van der Waals surface area contributed by atoms with Gasteiger partial charge in [0.1, 0.15) is 11.4 Å². The molecule has 4 aromatic rings. The van der Waals surface area contributed by atoms with Crippen molar-refractivity contribution in [3.63, 3.8) is 0 Å². The Morgan fingerprint density at radius 3 is 2.24 bits per heavy atom. The average Bonchev–Trinajstić information content (AvgIpc) is 3.26. The summed E-state index contributed by atoms with van der Waals surface area (Å²) in [7, 11) is 1.55. The van der Waals surface area contributed by atoms with E-state index in [2.05, 4.69) is 10.6 Å². The van der Waals surface area contributed by atoms with E-state index >= 15 is 0 Å². The molecular formula is C33H27N3O5S. The summed E-state index contributed by atoms with van der Waals surface area (Å²) >= 11 is 1.46. The number of ether oxygens (including phenoxy) is 1. The number of hydrogen-bond donors (Lipinski definition) is 2. The van der Waals surface area contributed by atoms with Crippen molar-refractivity contribution in [2.45, 2.75) is 4.90 Å². The van der Waals surface area contributed by atoms with E-state index in [0.717, 1.165) is 4.90 Å². The molecule has 0 fully saturated rings. The number of fused-ring (bicyclic) bond motifs is 1. The first-order chi connectivity index (χ1) is 20.4. The van der Waals surface area contributed by atoms with E-state index in [1.54, 1.807) is 110 Å². The Morgan fingerprint density at radius 1 is 0.833 bits per heavy atom. The SMILES string of the molecule is COc1cccc(/C=C(/NC(=O)c2ccccc2)C(=O)Nc2cccc(SCCN3C(=O)c4ccccc4C3=O)c2)c1. The van der Waals surface area contributed by atoms with Gasteiger partial charge < -0.3 is 15.4 Å². The number of nitrogens with zero attached hydrogens (tertiary/aromatic N) is 1. The molecular weight excluding hydrogens is 550 g/mol. The van der Waals surface area contributed by atoms with Crippen molar-refractivity contribution in [1.82, 2.24) is 10.2 Å². The highest BCUT2D eigenvalue weighted by atomic mass is 32.2. The number of thioether (sulfide) groups is 1. The number of anilines is 1. The zero-order chi connectivity index (χ0) is 29.5. The first-order valence-corrected chi connectivity index (χ1v) is 14.1. The van der Waals surface area contributed by atoms with Crippen LogP contribution < -0.4 is 15.4 Å². The first-order valence-electron chi connectivity index (χ1n) is 13.1. The van der Waals surface area contributed by atoms with Crippen LogP contribution in [0, 0.1) is 0 Å². The van der Waals surface area contributed by atoms with E-state index in [9.17, 15) is 19.2 Å². The molecule has 1 aliphatic rings. The number of benzene rings is 4. The van der Waals surface area contributed by atoms with E-state index in [-0.39, 0.29) is 24.1 Å². The maximum absolute atomic E-state index is 13.4. The monoisotopic (exact) mass is 577 g/mol. The van der Waals surface area contributed by atoms with E-state index in [0.29, 0.717) is 39.4 Å². The average molecular weight is 578 g/mol. The normalized spacial score (nSPS) is 12.6. The van der Waals surface area contributed by atoms with Crippen LogP contribution in [-0.2, 0) is 4.79 Å². The number of hydrogen-bond acceptors (Lipinski definition) is 6. The second-order valence-corrected chi connectivity index (χ2v) is 10.5. The number of amides is 4. The molecule has 1 heterocycles. The van der Waals surface area contributed by atoms with Crippen LogP contribution >= 0.6 is 11.8 Å². The number of methoxy groups -OCH3 is 1. The van der Waals surface area contributed by atoms with Crippen LogP contribution in [0.5, 0.6) is 5.75 Å². The molecule has 210 valence electrons. The summed E-state index contributed by atoms with van der Waals surface area (Å²) in [6, 6.07) is 29.8. The van der Waals surface area contributed by atoms with Gasteiger partial charge in [-0.1, -0.05) is 48.5 Å². The van der Waals surface area contributed by atoms with Gasteiger partial charge in [-0.3, -0.25) is 24.1 Å². The third-order valence-electron chi connectivity index (χ3n) is 6.49. The van der Waals surface area contributed by atoms with Gasteiger partial charge in [-0.05, 0) is 66.2 Å². The molecule has 4 amide bonds. The quantitative estimate of drug-likeness (QED) is 0.147. The maximum Gasteiger partial charge on any atom is 0.272 e. The Hall–Kier alpha value is -5.15. The maximum atomic E-state index is 13.4. The molecule has 4 aromatic carbocycles. The van der Waals surface area contributed by atoms with Crippen LogP contribution in [0.25, 0.3) is 6.08 Å². The Labute approximate surface area is 247 Å². The van der Waals surface area contributed by atoms with Gasteiger partial charge in [0.25, 0.3) is 23.6 Å². The van der Waals surface area contributed by atoms with Gasteiger partial charge >= 0.3 is 0 Å². The lowest BCUT2D eigenvalue weighted by molar-refractivity contribution is -0.113. The fourth-order valence-corrected chi connectivity index (χ4v) is 5.29. The van der Waals surface area contributed by atoms with Crippen LogP contribution in [0.3, 0.4) is 0 Å². The van der Waals surface area contributed by atoms with Crippen molar-refractivity contribution in [1.29, 1.82) is 0 Å². The van der Waals surface area contributed by atoms with Crippen LogP contribution in [-0.4, -0.2) is 47.9 Å². The molecule has 9 heteroatoms. The van der Waals surface area contributed by atoms with Gasteiger partial charge in [0.2, 0.25) is 0 Å². The summed E-state index contributed by atoms with van der Waals surface area (Å²) < 4.78 is 5.29. The number of imide groups is 1. The number of nitrogens with one attached hydrogen (secondary N) is 2. The molecule has 42 heavy (non-hydrogen) atoms. The van der Waals surface area contributed by atoms with Gasteiger partial charge in [0.05, 0.1) is 18.2 Å². The standard InChI is InChI=1S/C33H27N3O5S/c1-41-25-13-7-9-22(19-25)20-29(35-30(37)23-10-3-2-4-11-23)31(38)34-24-12-8-14-26(21-24)42-18-17-36-32(39)27-15-5-6-16-28(27)33(36)40/h2-16,19-21H,17-18H2,1H3,(H,34,38)(H,35,37)/b29-20+. The van der Waals surface area contributed by atoms with Crippen LogP contribution in [0.2, 0.25) is 0 Å². The van der Waals surface area contributed by atoms with E-state index in [4.69, 9.17) is 4.74 Å². The van der Waals surface area contributed by atoms with Crippen LogP contribution in [0.15, 0.2) is 114 Å². The molecule has 0 aliphatic carbocycles. The van der Waals surface area contributed by atoms with Crippen LogP contribution in [0.1, 0.15) is 36.6 Å². The van der Waals surface area contributed by atoms with Crippen molar-refractivity contribution < 1.29 is 23.9 Å². The van der Waals surface area contributed by atoms with Crippen LogP contribution in [0.4, 0.5) is 5.69 Å². The molecule has 0 radical (unpaired) electrons. The molecule has 8 nitrogen and oxygen atoms in total. The highest BCUT2D eigenvalue weighted by Gasteiger charge is 2.34. The predicted octanol–water partition coefficient (Wildman–Crippen LogP) is 5.49. The van der Waals surface area contributed by atoms with E-state index in [1.807, 2.05) is 6.07 Å². The third-order valence-corrected chi connectivity index (χ3v) is 7.46. The van der Waals surface area contributed by atoms with Crippen molar-refractivity contribution in [3.05, 3.63) is 131 Å². The summed E-state index contributed by atoms with van der Waals surface area (Å²) in [4.78, 5) is 53.7. The summed E-state index contributed by atoms with van der Waals surface area (Å²) in [6.45, 7) is 0.256. The highest BCUT2D eigenvalue weighted by Crippen LogP contribution is 2.26. The van der Waals surface area contributed by atoms with Gasteiger partial charge in [-0.15, -0.1) is 11.8 Å². The lowest BCUT2D eigenvalue weighted by Crippen LogP contribution is -2.31. The molecule has 0 aromatic heterocycles. The number of rotatable bonds is 10. The summed E-state index contributed by atoms with van der Waals surface area (Å²) in [5, 5.41) is 5.59. The smallest absolute Gasteiger partial charge is 0.272 e. The Morgan fingerprint density at radius 2 is 1.52 bits per heavy atom. The molecule has 0 unspecified atom stereocenters. The Kier molecular flexibility index (Phi) is 8.79. The van der Waals surface area contributed by atoms with Crippen molar-refractivity contribution in [2.24, 2.45) is 0 Å². The third kappa shape index (κ3) is 6.59. The fraction of sp³-hybridized carbons (Fsp3) is 0.0909. The molecule has 0 bridgehead atoms. The lowest BCUT2D eigenvalue weighted by atomic mass is 10.1. The summed E-state index contributed by atoms with van der Waals surface area (Å²) in [5.41, 5.74) is 2.52. The molecule has 0 spiro atoms. The fourth-order valence-electron chi connectivity index (χ4n) is 4.40. The zero-order valence-electron chi connectivity index (χ0n) is 22.7. The Balaban J connectivity index is 1.27. The summed E-state index contributed by atoms with van der Waals surface area (Å²) in [5.74, 6) is -0.400. The van der Waals surface area contributed by atoms with E-state index < -0.39 is 11.8 Å². The highest BCUT2D eigenvalue weighted by molar-refractivity contribution is 7.99. The number of carbonyl (C=O) groups is 4. The second-order valence-electron chi connectivity index (χ2n) is 9.29. The predicted molar refractivity (Wildman–Crippen MR) is 162 cm³/mol. The Bertz CT molecular complexity index is 1650. The van der Waals surface area contributed by atoms with E-state index in [1.165, 1.54) is 16.7 Å². The van der Waals surface area contributed by atoms with Crippen molar-refractivity contribution in [3.8, 4) is 5.75 Å². The molecule has 2 N–H and O–H groups in total. The molecule has 0 saturated carbocycles. The minimum Gasteiger partial charge on any atom is -0.497 e. The molecule has 1 aliphatic heterocycles. The number of carbonyl (C=O) groups excluding carboxylic acids is 4. The largest absolute Gasteiger partial charge is 0.497 e. The topological polar surface area (TPSA) is 105 Å². The zero-order valence-corrected chi connectivity index (χ0v) is 23.5. The van der Waals surface area contributed by atoms with Gasteiger partial charge in [0.15, 0.2) is 0 Å². The molecule has 0 saturated heterocycles. The minimum atomic E-state index is -0.504. The van der Waals surface area contributed by atoms with Gasteiger partial charge in [0, 0.05) is 28.4 Å². The van der Waals surface area contributed by atoms with Crippen molar-refractivity contribution >= 4 is 47.2 Å². The summed E-state index contributed by atoms with van der Waals surface area (Å²) in [6.07, 6.45) is 1.58.